The van der Waals surface area contributed by atoms with Crippen molar-refractivity contribution < 1.29 is 23.5 Å². The first-order valence-corrected chi connectivity index (χ1v) is 10.9. The number of amides is 1. The maximum absolute atomic E-state index is 12.8. The maximum Gasteiger partial charge on any atom is 0.263 e. The molecule has 0 aliphatic heterocycles. The number of methoxy groups -OCH3 is 3. The topological polar surface area (TPSA) is 86.9 Å². The van der Waals surface area contributed by atoms with Gasteiger partial charge in [0.1, 0.15) is 0 Å². The molecule has 31 heavy (non-hydrogen) atoms. The lowest BCUT2D eigenvalue weighted by atomic mass is 10.1. The molecule has 2 heterocycles. The highest BCUT2D eigenvalue weighted by molar-refractivity contribution is 7.12. The molecule has 0 radical (unpaired) electrons. The number of rotatable bonds is 11. The molecule has 0 aliphatic rings. The third-order valence-electron chi connectivity index (χ3n) is 4.79. The fourth-order valence-electron chi connectivity index (χ4n) is 3.13. The summed E-state index contributed by atoms with van der Waals surface area (Å²) in [5.41, 5.74) is 0.682. The number of aromatic nitrogens is 2. The summed E-state index contributed by atoms with van der Waals surface area (Å²) >= 11 is 1.45. The van der Waals surface area contributed by atoms with Crippen molar-refractivity contribution in [3.63, 3.8) is 0 Å². The number of hydrogen-bond donors (Lipinski definition) is 0. The van der Waals surface area contributed by atoms with E-state index in [2.05, 4.69) is 17.1 Å². The van der Waals surface area contributed by atoms with Crippen LogP contribution in [0.5, 0.6) is 17.2 Å². The van der Waals surface area contributed by atoms with E-state index in [9.17, 15) is 4.79 Å². The lowest BCUT2D eigenvalue weighted by Gasteiger charge is -2.21. The molecule has 0 aliphatic carbocycles. The molecule has 166 valence electrons. The Bertz CT molecular complexity index is 962. The van der Waals surface area contributed by atoms with Gasteiger partial charge < -0.3 is 23.6 Å². The highest BCUT2D eigenvalue weighted by Crippen LogP contribution is 2.40. The lowest BCUT2D eigenvalue weighted by molar-refractivity contribution is 0.0757. The molecule has 3 rings (SSSR count). The lowest BCUT2D eigenvalue weighted by Crippen LogP contribution is -2.33. The molecule has 0 atom stereocenters. The van der Waals surface area contributed by atoms with Crippen molar-refractivity contribution >= 4 is 17.2 Å². The Hall–Kier alpha value is -3.07. The van der Waals surface area contributed by atoms with Gasteiger partial charge in [-0.05, 0) is 30.0 Å². The van der Waals surface area contributed by atoms with E-state index in [1.165, 1.54) is 11.3 Å². The van der Waals surface area contributed by atoms with Gasteiger partial charge in [-0.2, -0.15) is 4.98 Å². The van der Waals surface area contributed by atoms with Gasteiger partial charge in [0.25, 0.3) is 5.91 Å². The first-order valence-electron chi connectivity index (χ1n) is 10.1. The molecule has 1 aromatic carbocycles. The van der Waals surface area contributed by atoms with Crippen LogP contribution in [0.3, 0.4) is 0 Å². The predicted molar refractivity (Wildman–Crippen MR) is 118 cm³/mol. The van der Waals surface area contributed by atoms with Crippen LogP contribution in [0.2, 0.25) is 0 Å². The maximum atomic E-state index is 12.8. The van der Waals surface area contributed by atoms with Gasteiger partial charge >= 0.3 is 0 Å². The minimum Gasteiger partial charge on any atom is -0.493 e. The minimum atomic E-state index is 0.0350. The van der Waals surface area contributed by atoms with Gasteiger partial charge in [-0.15, -0.1) is 11.3 Å². The third kappa shape index (κ3) is 5.35. The van der Waals surface area contributed by atoms with Crippen LogP contribution in [0, 0.1) is 0 Å². The third-order valence-corrected chi connectivity index (χ3v) is 5.65. The van der Waals surface area contributed by atoms with E-state index in [1.807, 2.05) is 22.4 Å². The zero-order chi connectivity index (χ0) is 22.2. The number of carbonyl (C=O) groups excluding carboxylic acids is 1. The van der Waals surface area contributed by atoms with E-state index >= 15 is 0 Å². The Morgan fingerprint density at radius 1 is 1.13 bits per heavy atom. The molecule has 0 bridgehead atoms. The van der Waals surface area contributed by atoms with Crippen molar-refractivity contribution in [2.24, 2.45) is 0 Å². The summed E-state index contributed by atoms with van der Waals surface area (Å²) in [6.07, 6.45) is 2.43. The van der Waals surface area contributed by atoms with Crippen molar-refractivity contribution in [2.75, 3.05) is 34.4 Å². The standard InChI is InChI=1S/C22H27N3O5S/c1-5-6-10-25(22(26)18-8-7-12-31-18)11-9-19-23-21(24-30-19)15-13-16(27-2)20(29-4)17(14-15)28-3/h7-8,12-14H,5-6,9-11H2,1-4H3. The summed E-state index contributed by atoms with van der Waals surface area (Å²) in [7, 11) is 4.66. The number of benzene rings is 1. The van der Waals surface area contributed by atoms with Crippen molar-refractivity contribution in [2.45, 2.75) is 26.2 Å². The Morgan fingerprint density at radius 2 is 1.87 bits per heavy atom. The molecule has 0 saturated heterocycles. The summed E-state index contributed by atoms with van der Waals surface area (Å²) < 4.78 is 21.6. The summed E-state index contributed by atoms with van der Waals surface area (Å²) in [4.78, 5) is 19.9. The molecule has 9 heteroatoms. The van der Waals surface area contributed by atoms with Crippen LogP contribution in [-0.4, -0.2) is 55.4 Å². The molecule has 2 aromatic heterocycles. The summed E-state index contributed by atoms with van der Waals surface area (Å²) in [5.74, 6) is 2.43. The summed E-state index contributed by atoms with van der Waals surface area (Å²) in [6.45, 7) is 3.31. The van der Waals surface area contributed by atoms with Crippen LogP contribution < -0.4 is 14.2 Å². The molecule has 8 nitrogen and oxygen atoms in total. The first kappa shape index (κ1) is 22.6. The van der Waals surface area contributed by atoms with Crippen LogP contribution in [0.15, 0.2) is 34.2 Å². The number of carbonyl (C=O) groups is 1. The van der Waals surface area contributed by atoms with Crippen molar-refractivity contribution in [1.29, 1.82) is 0 Å². The van der Waals surface area contributed by atoms with E-state index in [4.69, 9.17) is 18.7 Å². The summed E-state index contributed by atoms with van der Waals surface area (Å²) in [6, 6.07) is 7.27. The van der Waals surface area contributed by atoms with Gasteiger partial charge in [0.15, 0.2) is 11.5 Å². The monoisotopic (exact) mass is 445 g/mol. The van der Waals surface area contributed by atoms with Gasteiger partial charge in [0.2, 0.25) is 17.5 Å². The van der Waals surface area contributed by atoms with Crippen LogP contribution in [0.25, 0.3) is 11.4 Å². The van der Waals surface area contributed by atoms with E-state index < -0.39 is 0 Å². The number of hydrogen-bond acceptors (Lipinski definition) is 8. The van der Waals surface area contributed by atoms with E-state index in [1.54, 1.807) is 33.5 Å². The van der Waals surface area contributed by atoms with Crippen LogP contribution in [0.1, 0.15) is 35.3 Å². The molecule has 0 fully saturated rings. The smallest absolute Gasteiger partial charge is 0.263 e. The highest BCUT2D eigenvalue weighted by Gasteiger charge is 2.20. The fraction of sp³-hybridized carbons (Fsp3) is 0.409. The second kappa shape index (κ2) is 10.8. The second-order valence-corrected chi connectivity index (χ2v) is 7.75. The molecular formula is C22H27N3O5S. The predicted octanol–water partition coefficient (Wildman–Crippen LogP) is 4.31. The number of nitrogens with zero attached hydrogens (tertiary/aromatic N) is 3. The summed E-state index contributed by atoms with van der Waals surface area (Å²) in [5, 5.41) is 6.00. The second-order valence-electron chi connectivity index (χ2n) is 6.80. The van der Waals surface area contributed by atoms with Crippen molar-refractivity contribution in [3.05, 3.63) is 40.4 Å². The quantitative estimate of drug-likeness (QED) is 0.435. The average Bonchev–Trinajstić information content (AvgIpc) is 3.50. The highest BCUT2D eigenvalue weighted by atomic mass is 32.1. The molecule has 1 amide bonds. The van der Waals surface area contributed by atoms with Crippen LogP contribution in [-0.2, 0) is 6.42 Å². The average molecular weight is 446 g/mol. The van der Waals surface area contributed by atoms with Crippen molar-refractivity contribution in [3.8, 4) is 28.6 Å². The Morgan fingerprint density at radius 3 is 2.45 bits per heavy atom. The molecule has 0 saturated carbocycles. The van der Waals surface area contributed by atoms with Crippen LogP contribution >= 0.6 is 11.3 Å². The van der Waals surface area contributed by atoms with Crippen molar-refractivity contribution in [1.82, 2.24) is 15.0 Å². The van der Waals surface area contributed by atoms with Gasteiger partial charge in [-0.25, -0.2) is 0 Å². The zero-order valence-corrected chi connectivity index (χ0v) is 19.0. The Labute approximate surface area is 185 Å². The SMILES string of the molecule is CCCCN(CCc1nc(-c2cc(OC)c(OC)c(OC)c2)no1)C(=O)c1cccs1. The van der Waals surface area contributed by atoms with E-state index in [0.717, 1.165) is 17.7 Å². The Balaban J connectivity index is 1.75. The number of ether oxygens (including phenoxy) is 3. The van der Waals surface area contributed by atoms with E-state index in [0.29, 0.717) is 54.0 Å². The van der Waals surface area contributed by atoms with E-state index in [-0.39, 0.29) is 5.91 Å². The molecule has 0 spiro atoms. The Kier molecular flexibility index (Phi) is 7.88. The molecule has 0 unspecified atom stereocenters. The molecule has 3 aromatic rings. The number of thiophene rings is 1. The number of unbranched alkanes of at least 4 members (excludes halogenated alkanes) is 1. The minimum absolute atomic E-state index is 0.0350. The van der Waals surface area contributed by atoms with Gasteiger partial charge in [0, 0.05) is 25.1 Å². The van der Waals surface area contributed by atoms with Gasteiger partial charge in [-0.1, -0.05) is 24.6 Å². The molecule has 0 N–H and O–H groups in total. The first-order chi connectivity index (χ1) is 15.1. The zero-order valence-electron chi connectivity index (χ0n) is 18.2. The molecular weight excluding hydrogens is 418 g/mol. The normalized spacial score (nSPS) is 10.7. The largest absolute Gasteiger partial charge is 0.493 e. The fourth-order valence-corrected chi connectivity index (χ4v) is 3.83. The van der Waals surface area contributed by atoms with Gasteiger partial charge in [-0.3, -0.25) is 4.79 Å². The van der Waals surface area contributed by atoms with Crippen LogP contribution in [0.4, 0.5) is 0 Å². The van der Waals surface area contributed by atoms with Gasteiger partial charge in [0.05, 0.1) is 26.2 Å².